The number of nitrogens with zero attached hydrogens (tertiary/aromatic N) is 4. The summed E-state index contributed by atoms with van der Waals surface area (Å²) < 4.78 is 1.90. The number of pyridine rings is 1. The molecule has 0 bridgehead atoms. The summed E-state index contributed by atoms with van der Waals surface area (Å²) in [4.78, 5) is 6.24. The van der Waals surface area contributed by atoms with Crippen molar-refractivity contribution < 1.29 is 5.11 Å². The van der Waals surface area contributed by atoms with Crippen LogP contribution in [0.15, 0.2) is 73.7 Å². The molecule has 1 aromatic carbocycles. The van der Waals surface area contributed by atoms with Gasteiger partial charge >= 0.3 is 0 Å². The Kier molecular flexibility index (Phi) is 5.72. The Labute approximate surface area is 147 Å². The molecule has 0 aliphatic rings. The molecule has 5 nitrogen and oxygen atoms in total. The molecule has 0 aliphatic heterocycles. The molecule has 0 spiro atoms. The molecule has 0 atom stereocenters. The zero-order valence-corrected chi connectivity index (χ0v) is 14.1. The maximum Gasteiger partial charge on any atom is 0.0973 e. The van der Waals surface area contributed by atoms with Gasteiger partial charge in [0.2, 0.25) is 0 Å². The summed E-state index contributed by atoms with van der Waals surface area (Å²) in [5.74, 6) is 0. The SMILES string of the molecule is C=CCN(CCO)Cc1cn(-c2ccccc2)nc1-c1ccncc1. The largest absolute Gasteiger partial charge is 0.395 e. The van der Waals surface area contributed by atoms with E-state index in [-0.39, 0.29) is 6.61 Å². The molecule has 0 aliphatic carbocycles. The van der Waals surface area contributed by atoms with Gasteiger partial charge in [0.05, 0.1) is 18.0 Å². The maximum atomic E-state index is 9.31. The molecule has 3 rings (SSSR count). The van der Waals surface area contributed by atoms with Crippen LogP contribution in [0.4, 0.5) is 0 Å². The molecule has 0 unspecified atom stereocenters. The van der Waals surface area contributed by atoms with Crippen LogP contribution in [0.1, 0.15) is 5.56 Å². The molecule has 3 aromatic rings. The quantitative estimate of drug-likeness (QED) is 0.644. The molecule has 128 valence electrons. The molecule has 2 heterocycles. The molecule has 2 aromatic heterocycles. The summed E-state index contributed by atoms with van der Waals surface area (Å²) in [6.07, 6.45) is 7.45. The summed E-state index contributed by atoms with van der Waals surface area (Å²) in [5, 5.41) is 14.1. The van der Waals surface area contributed by atoms with Crippen LogP contribution < -0.4 is 0 Å². The molecule has 0 amide bonds. The van der Waals surface area contributed by atoms with Crippen molar-refractivity contribution in [3.05, 3.63) is 79.3 Å². The fraction of sp³-hybridized carbons (Fsp3) is 0.200. The Balaban J connectivity index is 1.99. The van der Waals surface area contributed by atoms with Crippen LogP contribution in [0.5, 0.6) is 0 Å². The zero-order valence-electron chi connectivity index (χ0n) is 14.1. The molecule has 25 heavy (non-hydrogen) atoms. The number of rotatable bonds is 8. The lowest BCUT2D eigenvalue weighted by molar-refractivity contribution is 0.203. The van der Waals surface area contributed by atoms with Crippen molar-refractivity contribution in [2.45, 2.75) is 6.54 Å². The number of para-hydroxylation sites is 1. The first-order chi connectivity index (χ1) is 12.3. The van der Waals surface area contributed by atoms with E-state index in [0.29, 0.717) is 19.6 Å². The van der Waals surface area contributed by atoms with E-state index < -0.39 is 0 Å². The Morgan fingerprint density at radius 2 is 1.88 bits per heavy atom. The van der Waals surface area contributed by atoms with Gasteiger partial charge in [-0.1, -0.05) is 24.3 Å². The van der Waals surface area contributed by atoms with Crippen molar-refractivity contribution in [2.75, 3.05) is 19.7 Å². The highest BCUT2D eigenvalue weighted by molar-refractivity contribution is 5.62. The number of hydrogen-bond donors (Lipinski definition) is 1. The smallest absolute Gasteiger partial charge is 0.0973 e. The lowest BCUT2D eigenvalue weighted by atomic mass is 10.1. The molecule has 0 fully saturated rings. The van der Waals surface area contributed by atoms with Gasteiger partial charge in [0, 0.05) is 49.4 Å². The predicted molar refractivity (Wildman–Crippen MR) is 99.4 cm³/mol. The fourth-order valence-corrected chi connectivity index (χ4v) is 2.79. The van der Waals surface area contributed by atoms with E-state index in [0.717, 1.165) is 22.5 Å². The van der Waals surface area contributed by atoms with Crippen LogP contribution in [0, 0.1) is 0 Å². The topological polar surface area (TPSA) is 54.2 Å². The van der Waals surface area contributed by atoms with Crippen LogP contribution in [0.2, 0.25) is 0 Å². The number of aromatic nitrogens is 3. The molecule has 1 N–H and O–H groups in total. The summed E-state index contributed by atoms with van der Waals surface area (Å²) in [6.45, 7) is 5.92. The highest BCUT2D eigenvalue weighted by Gasteiger charge is 2.15. The number of hydrogen-bond acceptors (Lipinski definition) is 4. The first kappa shape index (κ1) is 17.1. The minimum Gasteiger partial charge on any atom is -0.395 e. The van der Waals surface area contributed by atoms with Crippen LogP contribution in [-0.4, -0.2) is 44.5 Å². The van der Waals surface area contributed by atoms with Gasteiger partial charge in [-0.25, -0.2) is 4.68 Å². The monoisotopic (exact) mass is 334 g/mol. The molecule has 0 saturated carbocycles. The van der Waals surface area contributed by atoms with E-state index in [1.807, 2.05) is 53.2 Å². The minimum atomic E-state index is 0.116. The van der Waals surface area contributed by atoms with E-state index >= 15 is 0 Å². The van der Waals surface area contributed by atoms with E-state index in [9.17, 15) is 5.11 Å². The Bertz CT molecular complexity index is 799. The first-order valence-electron chi connectivity index (χ1n) is 8.30. The van der Waals surface area contributed by atoms with Crippen molar-refractivity contribution in [1.82, 2.24) is 19.7 Å². The van der Waals surface area contributed by atoms with Gasteiger partial charge in [-0.05, 0) is 24.3 Å². The molecule has 0 saturated heterocycles. The Morgan fingerprint density at radius 3 is 2.56 bits per heavy atom. The van der Waals surface area contributed by atoms with Crippen molar-refractivity contribution >= 4 is 0 Å². The zero-order chi connectivity index (χ0) is 17.5. The van der Waals surface area contributed by atoms with Gasteiger partial charge in [-0.3, -0.25) is 9.88 Å². The second kappa shape index (κ2) is 8.37. The van der Waals surface area contributed by atoms with Crippen molar-refractivity contribution in [3.63, 3.8) is 0 Å². The standard InChI is InChI=1S/C20H22N4O/c1-2-12-23(13-14-25)15-18-16-24(19-6-4-3-5-7-19)22-20(18)17-8-10-21-11-9-17/h2-11,16,25H,1,12-15H2. The highest BCUT2D eigenvalue weighted by atomic mass is 16.3. The van der Waals surface area contributed by atoms with Crippen LogP contribution in [0.3, 0.4) is 0 Å². The maximum absolute atomic E-state index is 9.31. The van der Waals surface area contributed by atoms with Crippen molar-refractivity contribution in [3.8, 4) is 16.9 Å². The lowest BCUT2D eigenvalue weighted by Gasteiger charge is -2.19. The number of aliphatic hydroxyl groups excluding tert-OH is 1. The predicted octanol–water partition coefficient (Wildman–Crippen LogP) is 2.91. The number of benzene rings is 1. The summed E-state index contributed by atoms with van der Waals surface area (Å²) in [5.41, 5.74) is 4.08. The summed E-state index contributed by atoms with van der Waals surface area (Å²) in [7, 11) is 0. The average molecular weight is 334 g/mol. The van der Waals surface area contributed by atoms with E-state index in [4.69, 9.17) is 5.10 Å². The molecule has 5 heteroatoms. The van der Waals surface area contributed by atoms with Gasteiger partial charge in [0.15, 0.2) is 0 Å². The molecule has 0 radical (unpaired) electrons. The van der Waals surface area contributed by atoms with Gasteiger partial charge < -0.3 is 5.11 Å². The Morgan fingerprint density at radius 1 is 1.12 bits per heavy atom. The first-order valence-corrected chi connectivity index (χ1v) is 8.30. The second-order valence-electron chi connectivity index (χ2n) is 5.77. The second-order valence-corrected chi connectivity index (χ2v) is 5.77. The van der Waals surface area contributed by atoms with Crippen LogP contribution >= 0.6 is 0 Å². The van der Waals surface area contributed by atoms with E-state index in [1.165, 1.54) is 0 Å². The third-order valence-corrected chi connectivity index (χ3v) is 3.96. The van der Waals surface area contributed by atoms with Gasteiger partial charge in [0.1, 0.15) is 0 Å². The van der Waals surface area contributed by atoms with Crippen LogP contribution in [0.25, 0.3) is 16.9 Å². The normalized spacial score (nSPS) is 11.0. The average Bonchev–Trinajstić information content (AvgIpc) is 3.07. The molecular weight excluding hydrogens is 312 g/mol. The third kappa shape index (κ3) is 4.21. The number of aliphatic hydroxyl groups is 1. The van der Waals surface area contributed by atoms with E-state index in [1.54, 1.807) is 12.4 Å². The summed E-state index contributed by atoms with van der Waals surface area (Å²) in [6, 6.07) is 14.0. The van der Waals surface area contributed by atoms with Crippen LogP contribution in [-0.2, 0) is 6.54 Å². The third-order valence-electron chi connectivity index (χ3n) is 3.96. The van der Waals surface area contributed by atoms with Gasteiger partial charge in [0.25, 0.3) is 0 Å². The molecular formula is C20H22N4O. The highest BCUT2D eigenvalue weighted by Crippen LogP contribution is 2.24. The van der Waals surface area contributed by atoms with Gasteiger partial charge in [-0.15, -0.1) is 6.58 Å². The van der Waals surface area contributed by atoms with E-state index in [2.05, 4.69) is 22.7 Å². The Hall–Kier alpha value is -2.76. The van der Waals surface area contributed by atoms with Crippen molar-refractivity contribution in [1.29, 1.82) is 0 Å². The minimum absolute atomic E-state index is 0.116. The van der Waals surface area contributed by atoms with Crippen molar-refractivity contribution in [2.24, 2.45) is 0 Å². The fourth-order valence-electron chi connectivity index (χ4n) is 2.79. The lowest BCUT2D eigenvalue weighted by Crippen LogP contribution is -2.26. The van der Waals surface area contributed by atoms with Gasteiger partial charge in [-0.2, -0.15) is 5.10 Å². The summed E-state index contributed by atoms with van der Waals surface area (Å²) >= 11 is 0.